The lowest BCUT2D eigenvalue weighted by Gasteiger charge is -2.11. The molecular weight excluding hydrogens is 345 g/mol. The van der Waals surface area contributed by atoms with Crippen LogP contribution in [0.25, 0.3) is 0 Å². The van der Waals surface area contributed by atoms with Crippen molar-refractivity contribution in [2.24, 2.45) is 0 Å². The number of anilines is 1. The second-order valence-electron chi connectivity index (χ2n) is 4.03. The molecule has 1 aromatic carbocycles. The Balaban J connectivity index is 2.18. The van der Waals surface area contributed by atoms with Crippen LogP contribution in [0.3, 0.4) is 0 Å². The van der Waals surface area contributed by atoms with E-state index in [1.54, 1.807) is 0 Å². The van der Waals surface area contributed by atoms with E-state index in [2.05, 4.69) is 5.32 Å². The van der Waals surface area contributed by atoms with Crippen LogP contribution < -0.4 is 10.6 Å². The van der Waals surface area contributed by atoms with E-state index in [1.807, 2.05) is 5.32 Å². The average Bonchev–Trinajstić information content (AvgIpc) is 2.68. The lowest BCUT2D eigenvalue weighted by molar-refractivity contribution is -0.137. The van der Waals surface area contributed by atoms with Crippen LogP contribution in [0.15, 0.2) is 29.2 Å². The van der Waals surface area contributed by atoms with Crippen LogP contribution in [-0.2, 0) is 15.8 Å². The Labute approximate surface area is 130 Å². The number of nitrogens with one attached hydrogen (secondary N) is 2. The van der Waals surface area contributed by atoms with Crippen molar-refractivity contribution < 1.29 is 27.6 Å². The zero-order valence-electron chi connectivity index (χ0n) is 10.5. The highest BCUT2D eigenvalue weighted by atomic mass is 35.5. The van der Waals surface area contributed by atoms with E-state index in [1.165, 1.54) is 6.07 Å². The van der Waals surface area contributed by atoms with E-state index in [0.717, 1.165) is 12.1 Å². The zero-order valence-corrected chi connectivity index (χ0v) is 12.0. The van der Waals surface area contributed by atoms with E-state index in [-0.39, 0.29) is 10.6 Å². The molecule has 2 N–H and O–H groups in total. The van der Waals surface area contributed by atoms with Gasteiger partial charge in [-0.3, -0.25) is 19.7 Å². The average molecular weight is 351 g/mol. The first-order valence-electron chi connectivity index (χ1n) is 5.59. The molecule has 1 aliphatic heterocycles. The molecular formula is C12H6ClF3N2O3S. The molecule has 10 heteroatoms. The highest BCUT2D eigenvalue weighted by Gasteiger charge is 2.33. The molecule has 1 aromatic rings. The van der Waals surface area contributed by atoms with Gasteiger partial charge in [0.1, 0.15) is 0 Å². The van der Waals surface area contributed by atoms with Gasteiger partial charge in [0.25, 0.3) is 11.1 Å². The largest absolute Gasteiger partial charge is 0.417 e. The quantitative estimate of drug-likeness (QED) is 0.803. The van der Waals surface area contributed by atoms with Crippen LogP contribution in [0, 0.1) is 0 Å². The van der Waals surface area contributed by atoms with Crippen LogP contribution in [-0.4, -0.2) is 17.1 Å². The molecule has 0 atom stereocenters. The SMILES string of the molecule is O=C(/C=C1\SC(=O)NC1=O)Nc1ccc(Cl)c(C(F)(F)F)c1. The summed E-state index contributed by atoms with van der Waals surface area (Å²) in [6.07, 6.45) is -3.84. The Morgan fingerprint density at radius 2 is 2.00 bits per heavy atom. The first-order valence-corrected chi connectivity index (χ1v) is 6.79. The number of carbonyl (C=O) groups excluding carboxylic acids is 3. The molecule has 1 heterocycles. The van der Waals surface area contributed by atoms with E-state index >= 15 is 0 Å². The Kier molecular flexibility index (Phi) is 4.47. The predicted octanol–water partition coefficient (Wildman–Crippen LogP) is 3.16. The van der Waals surface area contributed by atoms with Gasteiger partial charge in [0, 0.05) is 11.8 Å². The number of imide groups is 1. The molecule has 3 amide bonds. The molecule has 0 aliphatic carbocycles. The second-order valence-corrected chi connectivity index (χ2v) is 5.46. The van der Waals surface area contributed by atoms with Crippen LogP contribution >= 0.6 is 23.4 Å². The van der Waals surface area contributed by atoms with Gasteiger partial charge in [0.05, 0.1) is 15.5 Å². The normalized spacial score (nSPS) is 16.8. The molecule has 5 nitrogen and oxygen atoms in total. The number of amides is 3. The second kappa shape index (κ2) is 6.01. The molecule has 1 saturated heterocycles. The van der Waals surface area contributed by atoms with Crippen molar-refractivity contribution in [3.05, 3.63) is 39.8 Å². The molecule has 0 saturated carbocycles. The van der Waals surface area contributed by atoms with Crippen molar-refractivity contribution in [1.82, 2.24) is 5.32 Å². The first-order chi connectivity index (χ1) is 10.2. The fourth-order valence-corrected chi connectivity index (χ4v) is 2.42. The van der Waals surface area contributed by atoms with Crippen molar-refractivity contribution in [3.8, 4) is 0 Å². The Hall–Kier alpha value is -2.00. The minimum atomic E-state index is -4.66. The topological polar surface area (TPSA) is 75.3 Å². The third-order valence-corrected chi connectivity index (χ3v) is 3.58. The molecule has 0 radical (unpaired) electrons. The van der Waals surface area contributed by atoms with E-state index < -0.39 is 33.8 Å². The number of alkyl halides is 3. The van der Waals surface area contributed by atoms with Gasteiger partial charge < -0.3 is 5.32 Å². The predicted molar refractivity (Wildman–Crippen MR) is 74.3 cm³/mol. The summed E-state index contributed by atoms with van der Waals surface area (Å²) in [4.78, 5) is 33.7. The monoisotopic (exact) mass is 350 g/mol. The maximum atomic E-state index is 12.7. The smallest absolute Gasteiger partial charge is 0.322 e. The van der Waals surface area contributed by atoms with Crippen molar-refractivity contribution in [2.45, 2.75) is 6.18 Å². The summed E-state index contributed by atoms with van der Waals surface area (Å²) in [6, 6.07) is 2.85. The highest BCUT2D eigenvalue weighted by molar-refractivity contribution is 8.18. The number of benzene rings is 1. The lowest BCUT2D eigenvalue weighted by Crippen LogP contribution is -2.19. The van der Waals surface area contributed by atoms with Crippen molar-refractivity contribution in [2.75, 3.05) is 5.32 Å². The molecule has 0 unspecified atom stereocenters. The third-order valence-electron chi connectivity index (χ3n) is 2.44. The first kappa shape index (κ1) is 16.4. The molecule has 2 rings (SSSR count). The van der Waals surface area contributed by atoms with E-state index in [4.69, 9.17) is 11.6 Å². The van der Waals surface area contributed by atoms with Crippen LogP contribution in [0.1, 0.15) is 5.56 Å². The summed E-state index contributed by atoms with van der Waals surface area (Å²) in [7, 11) is 0. The maximum Gasteiger partial charge on any atom is 0.417 e. The highest BCUT2D eigenvalue weighted by Crippen LogP contribution is 2.36. The van der Waals surface area contributed by atoms with Gasteiger partial charge in [-0.25, -0.2) is 0 Å². The minimum Gasteiger partial charge on any atom is -0.322 e. The number of hydrogen-bond acceptors (Lipinski definition) is 4. The molecule has 116 valence electrons. The fraction of sp³-hybridized carbons (Fsp3) is 0.0833. The van der Waals surface area contributed by atoms with Crippen LogP contribution in [0.2, 0.25) is 5.02 Å². The summed E-state index contributed by atoms with van der Waals surface area (Å²) in [6.45, 7) is 0. The van der Waals surface area contributed by atoms with Gasteiger partial charge in [-0.15, -0.1) is 0 Å². The molecule has 0 aromatic heterocycles. The van der Waals surface area contributed by atoms with Crippen LogP contribution in [0.5, 0.6) is 0 Å². The Morgan fingerprint density at radius 3 is 2.55 bits per heavy atom. The molecule has 1 aliphatic rings. The third kappa shape index (κ3) is 3.80. The van der Waals surface area contributed by atoms with Gasteiger partial charge in [-0.1, -0.05) is 11.6 Å². The Morgan fingerprint density at radius 1 is 1.32 bits per heavy atom. The van der Waals surface area contributed by atoms with Crippen molar-refractivity contribution in [1.29, 1.82) is 0 Å². The zero-order chi connectivity index (χ0) is 16.5. The van der Waals surface area contributed by atoms with Gasteiger partial charge in [0.15, 0.2) is 0 Å². The molecule has 22 heavy (non-hydrogen) atoms. The minimum absolute atomic E-state index is 0.145. The molecule has 0 spiro atoms. The molecule has 0 bridgehead atoms. The van der Waals surface area contributed by atoms with Gasteiger partial charge in [-0.05, 0) is 30.0 Å². The van der Waals surface area contributed by atoms with Gasteiger partial charge in [-0.2, -0.15) is 13.2 Å². The summed E-state index contributed by atoms with van der Waals surface area (Å²) < 4.78 is 38.1. The summed E-state index contributed by atoms with van der Waals surface area (Å²) in [5.41, 5.74) is -1.24. The molecule has 1 fully saturated rings. The lowest BCUT2D eigenvalue weighted by atomic mass is 10.2. The summed E-state index contributed by atoms with van der Waals surface area (Å²) >= 11 is 5.97. The van der Waals surface area contributed by atoms with Crippen LogP contribution in [0.4, 0.5) is 23.7 Å². The Bertz CT molecular complexity index is 703. The van der Waals surface area contributed by atoms with E-state index in [9.17, 15) is 27.6 Å². The standard InChI is InChI=1S/C12H6ClF3N2O3S/c13-7-2-1-5(3-6(7)12(14,15)16)17-9(19)4-8-10(20)18-11(21)22-8/h1-4H,(H,17,19)(H,18,20,21)/b8-4-. The number of hydrogen-bond donors (Lipinski definition) is 2. The van der Waals surface area contributed by atoms with Gasteiger partial charge in [0.2, 0.25) is 5.91 Å². The van der Waals surface area contributed by atoms with Crippen molar-refractivity contribution >= 4 is 46.1 Å². The number of rotatable bonds is 2. The number of carbonyl (C=O) groups is 3. The summed E-state index contributed by atoms with van der Waals surface area (Å²) in [5, 5.41) is 2.98. The van der Waals surface area contributed by atoms with E-state index in [0.29, 0.717) is 17.8 Å². The van der Waals surface area contributed by atoms with Gasteiger partial charge >= 0.3 is 6.18 Å². The number of halogens is 4. The number of thioether (sulfide) groups is 1. The summed E-state index contributed by atoms with van der Waals surface area (Å²) in [5.74, 6) is -1.58. The van der Waals surface area contributed by atoms with Crippen molar-refractivity contribution in [3.63, 3.8) is 0 Å². The fourth-order valence-electron chi connectivity index (χ4n) is 1.54. The maximum absolute atomic E-state index is 12.7.